The van der Waals surface area contributed by atoms with Crippen LogP contribution in [-0.2, 0) is 9.59 Å². The van der Waals surface area contributed by atoms with Crippen LogP contribution in [0.25, 0.3) is 6.08 Å². The largest absolute Gasteiger partial charge is 0.493 e. The number of nitrogens with one attached hydrogen (secondary N) is 2. The first-order valence-corrected chi connectivity index (χ1v) is 8.45. The molecule has 3 N–H and O–H groups in total. The van der Waals surface area contributed by atoms with Gasteiger partial charge in [0.15, 0.2) is 18.1 Å². The summed E-state index contributed by atoms with van der Waals surface area (Å²) in [6.45, 7) is -0.210. The van der Waals surface area contributed by atoms with E-state index in [4.69, 9.17) is 24.2 Å². The molecule has 0 spiro atoms. The Morgan fingerprint density at radius 3 is 2.14 bits per heavy atom. The minimum absolute atomic E-state index is 0.210. The number of amides is 2. The lowest BCUT2D eigenvalue weighted by Crippen LogP contribution is -2.20. The average Bonchev–Trinajstić information content (AvgIpc) is 2.75. The van der Waals surface area contributed by atoms with Crippen molar-refractivity contribution in [2.45, 2.75) is 0 Å². The number of hydrogen-bond donors (Lipinski definition) is 3. The molecule has 2 aromatic rings. The predicted octanol–water partition coefficient (Wildman–Crippen LogP) is 2.25. The fraction of sp³-hybridized carbons (Fsp3) is 0.200. The van der Waals surface area contributed by atoms with E-state index in [0.717, 1.165) is 5.56 Å². The van der Waals surface area contributed by atoms with E-state index in [1.807, 2.05) is 0 Å². The molecule has 0 heterocycles. The van der Waals surface area contributed by atoms with Gasteiger partial charge >= 0.3 is 0 Å². The van der Waals surface area contributed by atoms with Gasteiger partial charge in [-0.2, -0.15) is 0 Å². The average molecular weight is 402 g/mol. The van der Waals surface area contributed by atoms with Gasteiger partial charge in [0, 0.05) is 23.9 Å². The van der Waals surface area contributed by atoms with Crippen molar-refractivity contribution in [3.05, 3.63) is 48.0 Å². The second kappa shape index (κ2) is 10.6. The van der Waals surface area contributed by atoms with E-state index in [9.17, 15) is 9.59 Å². The van der Waals surface area contributed by atoms with Gasteiger partial charge in [0.2, 0.25) is 5.75 Å². The fourth-order valence-electron chi connectivity index (χ4n) is 2.38. The van der Waals surface area contributed by atoms with E-state index in [-0.39, 0.29) is 12.5 Å². The van der Waals surface area contributed by atoms with Crippen LogP contribution in [0.4, 0.5) is 5.69 Å². The molecule has 9 heteroatoms. The molecular formula is C20H22N2O7. The maximum absolute atomic E-state index is 12.2. The van der Waals surface area contributed by atoms with E-state index in [0.29, 0.717) is 28.7 Å². The maximum atomic E-state index is 12.2. The second-order valence-corrected chi connectivity index (χ2v) is 5.63. The number of hydroxylamine groups is 1. The van der Waals surface area contributed by atoms with Crippen LogP contribution in [0.1, 0.15) is 5.56 Å². The van der Waals surface area contributed by atoms with E-state index in [1.165, 1.54) is 39.0 Å². The Kier molecular flexibility index (Phi) is 7.87. The molecule has 0 aromatic heterocycles. The Morgan fingerprint density at radius 1 is 1.00 bits per heavy atom. The minimum Gasteiger partial charge on any atom is -0.493 e. The number of ether oxygens (including phenoxy) is 4. The van der Waals surface area contributed by atoms with Gasteiger partial charge in [0.25, 0.3) is 11.8 Å². The lowest BCUT2D eigenvalue weighted by atomic mass is 10.2. The van der Waals surface area contributed by atoms with Gasteiger partial charge in [0.1, 0.15) is 5.75 Å². The normalized spacial score (nSPS) is 10.3. The Hall–Kier alpha value is -3.72. The van der Waals surface area contributed by atoms with Crippen molar-refractivity contribution >= 4 is 23.6 Å². The van der Waals surface area contributed by atoms with Crippen molar-refractivity contribution < 1.29 is 33.7 Å². The van der Waals surface area contributed by atoms with Crippen molar-refractivity contribution in [3.63, 3.8) is 0 Å². The molecule has 0 bridgehead atoms. The quantitative estimate of drug-likeness (QED) is 0.335. The highest BCUT2D eigenvalue weighted by Gasteiger charge is 2.14. The highest BCUT2D eigenvalue weighted by molar-refractivity contribution is 5.92. The summed E-state index contributed by atoms with van der Waals surface area (Å²) in [7, 11) is 4.47. The standard InChI is InChI=1S/C20H22N2O7/c1-26-16-10-14(11-17(27-2)20(16)28-3)21-19(24)12-29-15-7-4-13(5-8-15)6-9-18(23)22-25/h4-11,25H,12H2,1-3H3,(H,21,24)(H,22,23)/b9-6+. The van der Waals surface area contributed by atoms with Crippen LogP contribution in [0.2, 0.25) is 0 Å². The second-order valence-electron chi connectivity index (χ2n) is 5.63. The Morgan fingerprint density at radius 2 is 1.62 bits per heavy atom. The summed E-state index contributed by atoms with van der Waals surface area (Å²) in [5.41, 5.74) is 2.70. The summed E-state index contributed by atoms with van der Waals surface area (Å²) < 4.78 is 21.2. The Bertz CT molecular complexity index is 854. The summed E-state index contributed by atoms with van der Waals surface area (Å²) in [5.74, 6) is 0.739. The van der Waals surface area contributed by atoms with Crippen LogP contribution in [-0.4, -0.2) is 45.0 Å². The van der Waals surface area contributed by atoms with Gasteiger partial charge in [-0.1, -0.05) is 12.1 Å². The Labute approximate surface area is 167 Å². The van der Waals surface area contributed by atoms with Crippen molar-refractivity contribution in [2.24, 2.45) is 0 Å². The van der Waals surface area contributed by atoms with E-state index < -0.39 is 5.91 Å². The number of carbonyl (C=O) groups excluding carboxylic acids is 2. The van der Waals surface area contributed by atoms with Gasteiger partial charge in [-0.05, 0) is 23.8 Å². The predicted molar refractivity (Wildman–Crippen MR) is 106 cm³/mol. The molecule has 0 atom stereocenters. The summed E-state index contributed by atoms with van der Waals surface area (Å²) >= 11 is 0. The SMILES string of the molecule is COc1cc(NC(=O)COc2ccc(/C=C/C(=O)NO)cc2)cc(OC)c1OC. The minimum atomic E-state index is -0.631. The molecule has 29 heavy (non-hydrogen) atoms. The molecule has 2 rings (SSSR count). The number of carbonyl (C=O) groups is 2. The van der Waals surface area contributed by atoms with Crippen molar-refractivity contribution in [1.82, 2.24) is 5.48 Å². The number of benzene rings is 2. The number of methoxy groups -OCH3 is 3. The van der Waals surface area contributed by atoms with E-state index in [1.54, 1.807) is 36.4 Å². The number of rotatable bonds is 9. The van der Waals surface area contributed by atoms with Gasteiger partial charge in [-0.15, -0.1) is 0 Å². The molecule has 0 aliphatic heterocycles. The van der Waals surface area contributed by atoms with E-state index in [2.05, 4.69) is 5.32 Å². The molecule has 9 nitrogen and oxygen atoms in total. The van der Waals surface area contributed by atoms with E-state index >= 15 is 0 Å². The highest BCUT2D eigenvalue weighted by Crippen LogP contribution is 2.39. The lowest BCUT2D eigenvalue weighted by Gasteiger charge is -2.14. The lowest BCUT2D eigenvalue weighted by molar-refractivity contribution is -0.124. The smallest absolute Gasteiger partial charge is 0.267 e. The highest BCUT2D eigenvalue weighted by atomic mass is 16.5. The molecule has 2 aromatic carbocycles. The maximum Gasteiger partial charge on any atom is 0.267 e. The first-order valence-electron chi connectivity index (χ1n) is 8.45. The fourth-order valence-corrected chi connectivity index (χ4v) is 2.38. The zero-order valence-corrected chi connectivity index (χ0v) is 16.2. The first kappa shape index (κ1) is 21.6. The molecule has 154 valence electrons. The van der Waals surface area contributed by atoms with Crippen LogP contribution < -0.4 is 29.7 Å². The molecule has 0 aliphatic carbocycles. The van der Waals surface area contributed by atoms with Crippen molar-refractivity contribution in [1.29, 1.82) is 0 Å². The molecule has 0 aliphatic rings. The summed E-state index contributed by atoms with van der Waals surface area (Å²) in [4.78, 5) is 23.1. The molecule has 2 amide bonds. The third-order valence-electron chi connectivity index (χ3n) is 3.74. The zero-order chi connectivity index (χ0) is 21.2. The van der Waals surface area contributed by atoms with Crippen LogP contribution in [0, 0.1) is 0 Å². The van der Waals surface area contributed by atoms with Gasteiger partial charge in [0.05, 0.1) is 21.3 Å². The molecule has 0 saturated heterocycles. The summed E-state index contributed by atoms with van der Waals surface area (Å²) in [6.07, 6.45) is 2.70. The Balaban J connectivity index is 1.96. The third-order valence-corrected chi connectivity index (χ3v) is 3.74. The van der Waals surface area contributed by atoms with Gasteiger partial charge in [-0.25, -0.2) is 5.48 Å². The van der Waals surface area contributed by atoms with Crippen LogP contribution in [0.15, 0.2) is 42.5 Å². The zero-order valence-electron chi connectivity index (χ0n) is 16.2. The van der Waals surface area contributed by atoms with Crippen molar-refractivity contribution in [3.8, 4) is 23.0 Å². The monoisotopic (exact) mass is 402 g/mol. The van der Waals surface area contributed by atoms with Crippen LogP contribution in [0.3, 0.4) is 0 Å². The molecule has 0 radical (unpaired) electrons. The number of hydrogen-bond acceptors (Lipinski definition) is 7. The number of anilines is 1. The molecule has 0 unspecified atom stereocenters. The summed E-state index contributed by atoms with van der Waals surface area (Å²) in [6, 6.07) is 9.94. The molecular weight excluding hydrogens is 380 g/mol. The topological polar surface area (TPSA) is 115 Å². The van der Waals surface area contributed by atoms with Gasteiger partial charge < -0.3 is 24.3 Å². The molecule has 0 saturated carbocycles. The molecule has 0 fully saturated rings. The third kappa shape index (κ3) is 6.15. The summed E-state index contributed by atoms with van der Waals surface area (Å²) in [5, 5.41) is 11.1. The van der Waals surface area contributed by atoms with Crippen LogP contribution in [0.5, 0.6) is 23.0 Å². The van der Waals surface area contributed by atoms with Gasteiger partial charge in [-0.3, -0.25) is 14.8 Å². The first-order chi connectivity index (χ1) is 14.0. The van der Waals surface area contributed by atoms with Crippen molar-refractivity contribution in [2.75, 3.05) is 33.3 Å². The van der Waals surface area contributed by atoms with Crippen LogP contribution >= 0.6 is 0 Å².